The van der Waals surface area contributed by atoms with Crippen LogP contribution in [0.15, 0.2) is 51.9 Å². The van der Waals surface area contributed by atoms with Crippen molar-refractivity contribution >= 4 is 105 Å². The second-order valence-electron chi connectivity index (χ2n) is 5.02. The van der Waals surface area contributed by atoms with Crippen LogP contribution in [0.25, 0.3) is 0 Å². The van der Waals surface area contributed by atoms with Crippen LogP contribution in [-0.4, -0.2) is 30.3 Å². The second kappa shape index (κ2) is 9.58. The van der Waals surface area contributed by atoms with Gasteiger partial charge in [0, 0.05) is 5.33 Å². The molecule has 0 aliphatic carbocycles. The first-order valence-electron chi connectivity index (χ1n) is 6.83. The average Bonchev–Trinajstić information content (AvgIpc) is 2.57. The highest BCUT2D eigenvalue weighted by Crippen LogP contribution is 2.40. The molecule has 0 spiro atoms. The van der Waals surface area contributed by atoms with Crippen molar-refractivity contribution in [1.82, 2.24) is 0 Å². The van der Waals surface area contributed by atoms with Gasteiger partial charge >= 0.3 is 0 Å². The highest BCUT2D eigenvalue weighted by Gasteiger charge is 2.23. The minimum Gasteiger partial charge on any atom is -0.506 e. The number of phenolic OH excluding ortho intramolecular Hbond substituents is 1. The van der Waals surface area contributed by atoms with Crippen molar-refractivity contribution in [3.05, 3.63) is 42.2 Å². The van der Waals surface area contributed by atoms with E-state index < -0.39 is 9.84 Å². The lowest BCUT2D eigenvalue weighted by atomic mass is 10.3. The third-order valence-electron chi connectivity index (χ3n) is 3.16. The van der Waals surface area contributed by atoms with E-state index in [2.05, 4.69) is 95.6 Å². The minimum absolute atomic E-state index is 0.0429. The zero-order chi connectivity index (χ0) is 19.6. The highest BCUT2D eigenvalue weighted by molar-refractivity contribution is 9.12. The first-order valence-corrected chi connectivity index (χ1v) is 13.5. The summed E-state index contributed by atoms with van der Waals surface area (Å²) in [7, 11) is -3.80. The van der Waals surface area contributed by atoms with Crippen molar-refractivity contribution in [3.63, 3.8) is 0 Å². The Balaban J connectivity index is 2.45. The molecule has 0 heterocycles. The van der Waals surface area contributed by atoms with Crippen LogP contribution in [0.2, 0.25) is 0 Å². The maximum atomic E-state index is 13.0. The number of hydrogen-bond donors (Lipinski definition) is 1. The molecule has 0 radical (unpaired) electrons. The number of rotatable bonds is 6. The smallest absolute Gasteiger partial charge is 0.206 e. The van der Waals surface area contributed by atoms with Crippen molar-refractivity contribution in [1.29, 1.82) is 0 Å². The van der Waals surface area contributed by atoms with Crippen molar-refractivity contribution < 1.29 is 18.3 Å². The molecule has 2 aromatic carbocycles. The van der Waals surface area contributed by atoms with Crippen LogP contribution in [0.5, 0.6) is 11.5 Å². The van der Waals surface area contributed by atoms with Gasteiger partial charge in [0.2, 0.25) is 9.84 Å². The lowest BCUT2D eigenvalue weighted by Gasteiger charge is -2.14. The zero-order valence-corrected chi connectivity index (χ0v) is 23.0. The van der Waals surface area contributed by atoms with Gasteiger partial charge in [0.05, 0.1) is 32.5 Å². The van der Waals surface area contributed by atoms with E-state index in [1.165, 1.54) is 24.3 Å². The average molecular weight is 766 g/mol. The molecule has 4 nitrogen and oxygen atoms in total. The van der Waals surface area contributed by atoms with E-state index in [-0.39, 0.29) is 29.3 Å². The number of phenols is 1. The number of hydrogen-bond acceptors (Lipinski definition) is 4. The number of alkyl halides is 2. The summed E-state index contributed by atoms with van der Waals surface area (Å²) in [6.07, 6.45) is 0. The second-order valence-corrected chi connectivity index (χ2v) is 12.3. The number of ether oxygens (including phenoxy) is 1. The summed E-state index contributed by atoms with van der Waals surface area (Å²) in [5.41, 5.74) is 0. The third kappa shape index (κ3) is 5.27. The Kier molecular flexibility index (Phi) is 8.53. The molecule has 1 atom stereocenters. The SMILES string of the molecule is O=S(=O)(c1cc(Br)c(O)c(Br)c1)c1cc(Br)c(OC[C@@H](Br)CBr)c(Br)c1. The molecule has 0 fully saturated rings. The molecule has 2 rings (SSSR count). The molecule has 0 aliphatic heterocycles. The number of aromatic hydroxyl groups is 1. The summed E-state index contributed by atoms with van der Waals surface area (Å²) in [5, 5.41) is 10.5. The van der Waals surface area contributed by atoms with E-state index >= 15 is 0 Å². The lowest BCUT2D eigenvalue weighted by molar-refractivity contribution is 0.321. The Labute approximate surface area is 201 Å². The van der Waals surface area contributed by atoms with Gasteiger partial charge in [-0.05, 0) is 88.0 Å². The molecule has 1 N–H and O–H groups in total. The molecule has 26 heavy (non-hydrogen) atoms. The van der Waals surface area contributed by atoms with E-state index in [4.69, 9.17) is 4.74 Å². The molecule has 0 bridgehead atoms. The summed E-state index contributed by atoms with van der Waals surface area (Å²) in [6, 6.07) is 5.68. The predicted octanol–water partition coefficient (Wildman–Crippen LogP) is 6.81. The molecule has 0 amide bonds. The van der Waals surface area contributed by atoms with E-state index in [9.17, 15) is 13.5 Å². The summed E-state index contributed by atoms with van der Waals surface area (Å²) in [5.74, 6) is 0.452. The van der Waals surface area contributed by atoms with Gasteiger partial charge < -0.3 is 9.84 Å². The molecular formula is C15H10Br6O4S. The molecular weight excluding hydrogens is 756 g/mol. The summed E-state index contributed by atoms with van der Waals surface area (Å²) >= 11 is 19.8. The standard InChI is InChI=1S/C15H10Br6O4S/c16-5-7(17)6-25-15-12(20)3-9(4-13(15)21)26(23,24)8-1-10(18)14(22)11(19)2-8/h1-4,7,22H,5-6H2/t7-/m0/s1. The summed E-state index contributed by atoms with van der Waals surface area (Å²) in [6.45, 7) is 0.409. The van der Waals surface area contributed by atoms with Gasteiger partial charge in [0.15, 0.2) is 0 Å². The van der Waals surface area contributed by atoms with Crippen molar-refractivity contribution in [2.24, 2.45) is 0 Å². The van der Waals surface area contributed by atoms with E-state index in [1.807, 2.05) is 0 Å². The Bertz CT molecular complexity index is 886. The first-order chi connectivity index (χ1) is 12.1. The Hall–Kier alpha value is 0.870. The van der Waals surface area contributed by atoms with Crippen LogP contribution < -0.4 is 4.74 Å². The molecule has 0 saturated heterocycles. The largest absolute Gasteiger partial charge is 0.506 e. The first kappa shape index (κ1) is 23.2. The summed E-state index contributed by atoms with van der Waals surface area (Å²) < 4.78 is 33.2. The molecule has 0 saturated carbocycles. The van der Waals surface area contributed by atoms with Crippen LogP contribution in [-0.2, 0) is 9.84 Å². The fourth-order valence-corrected chi connectivity index (χ4v) is 6.77. The maximum absolute atomic E-state index is 13.0. The van der Waals surface area contributed by atoms with Crippen molar-refractivity contribution in [3.8, 4) is 11.5 Å². The van der Waals surface area contributed by atoms with Crippen LogP contribution in [0.3, 0.4) is 0 Å². The molecule has 0 unspecified atom stereocenters. The third-order valence-corrected chi connectivity index (χ3v) is 9.50. The topological polar surface area (TPSA) is 63.6 Å². The van der Waals surface area contributed by atoms with Gasteiger partial charge in [-0.3, -0.25) is 0 Å². The van der Waals surface area contributed by atoms with Gasteiger partial charge in [-0.2, -0.15) is 0 Å². The van der Waals surface area contributed by atoms with Gasteiger partial charge in [-0.15, -0.1) is 0 Å². The number of sulfone groups is 1. The van der Waals surface area contributed by atoms with Crippen LogP contribution in [0.4, 0.5) is 0 Å². The van der Waals surface area contributed by atoms with E-state index in [0.29, 0.717) is 21.3 Å². The zero-order valence-electron chi connectivity index (χ0n) is 12.6. The van der Waals surface area contributed by atoms with Gasteiger partial charge in [0.1, 0.15) is 18.1 Å². The van der Waals surface area contributed by atoms with Gasteiger partial charge in [-0.25, -0.2) is 8.42 Å². The normalized spacial score (nSPS) is 12.8. The fourth-order valence-electron chi connectivity index (χ4n) is 1.88. The van der Waals surface area contributed by atoms with Gasteiger partial charge in [0.25, 0.3) is 0 Å². The number of benzene rings is 2. The molecule has 0 aromatic heterocycles. The van der Waals surface area contributed by atoms with Crippen molar-refractivity contribution in [2.45, 2.75) is 14.6 Å². The quantitative estimate of drug-likeness (QED) is 0.329. The number of halogens is 6. The monoisotopic (exact) mass is 760 g/mol. The van der Waals surface area contributed by atoms with Crippen LogP contribution in [0, 0.1) is 0 Å². The van der Waals surface area contributed by atoms with E-state index in [1.54, 1.807) is 0 Å². The Morgan fingerprint density at radius 3 is 1.77 bits per heavy atom. The predicted molar refractivity (Wildman–Crippen MR) is 123 cm³/mol. The minimum atomic E-state index is -3.80. The fraction of sp³-hybridized carbons (Fsp3) is 0.200. The summed E-state index contributed by atoms with van der Waals surface area (Å²) in [4.78, 5) is 0.252. The molecule has 2 aromatic rings. The van der Waals surface area contributed by atoms with Gasteiger partial charge in [-0.1, -0.05) is 31.9 Å². The highest BCUT2D eigenvalue weighted by atomic mass is 79.9. The van der Waals surface area contributed by atoms with Crippen LogP contribution >= 0.6 is 95.6 Å². The molecule has 142 valence electrons. The lowest BCUT2D eigenvalue weighted by Crippen LogP contribution is -2.13. The maximum Gasteiger partial charge on any atom is 0.206 e. The van der Waals surface area contributed by atoms with E-state index in [0.717, 1.165) is 5.33 Å². The van der Waals surface area contributed by atoms with Crippen molar-refractivity contribution in [2.75, 3.05) is 11.9 Å². The Morgan fingerprint density at radius 1 is 0.923 bits per heavy atom. The molecule has 0 aliphatic rings. The molecule has 11 heteroatoms. The Morgan fingerprint density at radius 2 is 1.35 bits per heavy atom. The van der Waals surface area contributed by atoms with Crippen LogP contribution in [0.1, 0.15) is 0 Å².